The minimum absolute atomic E-state index is 0.0718. The molecule has 0 spiro atoms. The number of ether oxygens (including phenoxy) is 4. The van der Waals surface area contributed by atoms with Gasteiger partial charge in [0.25, 0.3) is 0 Å². The van der Waals surface area contributed by atoms with Crippen molar-refractivity contribution >= 4 is 39.5 Å². The molecule has 0 fully saturated rings. The molecule has 5 unspecified atom stereocenters. The van der Waals surface area contributed by atoms with E-state index in [0.29, 0.717) is 25.7 Å². The van der Waals surface area contributed by atoms with Gasteiger partial charge < -0.3 is 33.8 Å². The summed E-state index contributed by atoms with van der Waals surface area (Å²) in [4.78, 5) is 73.0. The second kappa shape index (κ2) is 76.1. The summed E-state index contributed by atoms with van der Waals surface area (Å²) in [6, 6.07) is 0. The summed E-state index contributed by atoms with van der Waals surface area (Å²) in [5.74, 6) is -2.24. The van der Waals surface area contributed by atoms with Crippen molar-refractivity contribution in [3.63, 3.8) is 0 Å². The average Bonchev–Trinajstić information content (AvgIpc) is 0.931. The Balaban J connectivity index is 5.38. The summed E-state index contributed by atoms with van der Waals surface area (Å²) < 4.78 is 68.6. The highest BCUT2D eigenvalue weighted by Gasteiger charge is 2.30. The fourth-order valence-electron chi connectivity index (χ4n) is 10.3. The summed E-state index contributed by atoms with van der Waals surface area (Å²) in [5, 5.41) is 10.6. The van der Waals surface area contributed by atoms with Crippen molar-refractivity contribution in [2.75, 3.05) is 39.6 Å². The summed E-state index contributed by atoms with van der Waals surface area (Å²) in [6.07, 6.45) is 86.8. The van der Waals surface area contributed by atoms with E-state index in [4.69, 9.17) is 37.0 Å². The van der Waals surface area contributed by atoms with Gasteiger partial charge in [0.2, 0.25) is 0 Å². The molecule has 19 heteroatoms. The van der Waals surface area contributed by atoms with Gasteiger partial charge in [-0.15, -0.1) is 0 Å². The molecule has 0 aliphatic heterocycles. The largest absolute Gasteiger partial charge is 0.472 e. The third-order valence-corrected chi connectivity index (χ3v) is 18.2. The van der Waals surface area contributed by atoms with Gasteiger partial charge in [-0.25, -0.2) is 9.13 Å². The van der Waals surface area contributed by atoms with Crippen molar-refractivity contribution < 1.29 is 80.2 Å². The van der Waals surface area contributed by atoms with E-state index in [9.17, 15) is 43.2 Å². The van der Waals surface area contributed by atoms with Crippen LogP contribution < -0.4 is 0 Å². The van der Waals surface area contributed by atoms with E-state index in [2.05, 4.69) is 174 Å². The lowest BCUT2D eigenvalue weighted by molar-refractivity contribution is -0.161. The average molecular weight is 1500 g/mol. The predicted octanol–water partition coefficient (Wildman–Crippen LogP) is 23.4. The molecule has 3 N–H and O–H groups in total. The Morgan fingerprint density at radius 3 is 0.788 bits per heavy atom. The predicted molar refractivity (Wildman–Crippen MR) is 427 cm³/mol. The smallest absolute Gasteiger partial charge is 0.462 e. The molecule has 0 bridgehead atoms. The monoisotopic (exact) mass is 1500 g/mol. The lowest BCUT2D eigenvalue weighted by atomic mass is 10.1. The molecule has 594 valence electrons. The lowest BCUT2D eigenvalue weighted by Gasteiger charge is -2.21. The number of hydrogen-bond donors (Lipinski definition) is 3. The Bertz CT molecular complexity index is 2540. The number of carbonyl (C=O) groups is 4. The van der Waals surface area contributed by atoms with E-state index < -0.39 is 97.5 Å². The van der Waals surface area contributed by atoms with E-state index in [0.717, 1.165) is 218 Å². The Labute approximate surface area is 630 Å². The third-order valence-electron chi connectivity index (χ3n) is 16.3. The van der Waals surface area contributed by atoms with Crippen LogP contribution in [0.15, 0.2) is 146 Å². The highest BCUT2D eigenvalue weighted by Crippen LogP contribution is 2.45. The van der Waals surface area contributed by atoms with E-state index in [-0.39, 0.29) is 25.7 Å². The van der Waals surface area contributed by atoms with Gasteiger partial charge in [0, 0.05) is 25.7 Å². The normalized spacial score (nSPS) is 14.6. The van der Waals surface area contributed by atoms with Gasteiger partial charge in [0.15, 0.2) is 12.2 Å². The summed E-state index contributed by atoms with van der Waals surface area (Å²) in [7, 11) is -9.98. The second-order valence-electron chi connectivity index (χ2n) is 26.2. The summed E-state index contributed by atoms with van der Waals surface area (Å²) in [6.45, 7) is 4.44. The summed E-state index contributed by atoms with van der Waals surface area (Å²) >= 11 is 0. The zero-order valence-electron chi connectivity index (χ0n) is 64.9. The number of phosphoric acid groups is 2. The zero-order valence-corrected chi connectivity index (χ0v) is 66.7. The van der Waals surface area contributed by atoms with Crippen LogP contribution in [-0.4, -0.2) is 96.7 Å². The van der Waals surface area contributed by atoms with E-state index in [1.807, 2.05) is 0 Å². The standard InChI is InChI=1S/C85H142O17P2/c1-5-9-13-17-21-25-29-32-35-38-39-42-44-47-51-54-58-62-66-70-83(88)96-76-81(102-85(90)72-68-64-60-56-52-48-45-41-37-34-31-27-23-19-15-11-7-3)78-100-104(93,94)98-74-79(86)73-97-103(91,92)99-77-80(101-84(89)71-67-63-59-55-49-28-24-20-16-12-8-4)75-95-82(87)69-65-61-57-53-50-46-43-40-36-33-30-26-22-18-14-10-6-2/h9-11,13-15,20-27,32-37,39,42,47,51,79-81,86H,5-8,12,16-19,28-31,38,40-41,43-46,48-50,52-78H2,1-4H3,(H,91,92)(H,93,94)/b13-9-,14-10-,15-11-,24-20-,25-21-,26-22-,27-23-,35-32-,36-33-,37-34-,42-39-,51-47-. The van der Waals surface area contributed by atoms with Crippen LogP contribution in [0.5, 0.6) is 0 Å². The SMILES string of the molecule is CC/C=C\C/C=C\C/C=C\C/C=C\C/C=C\CCCCCC(=O)OCC(COP(=O)(O)OCC(O)COP(=O)(O)OCC(COC(=O)CCCCCCCCC/C=C\C/C=C\C/C=C\CC)OC(=O)CCCCCCC/C=C\CCCC)OC(=O)CCCCCCCCC/C=C\C/C=C\C/C=C\CC. The first-order valence-corrected chi connectivity index (χ1v) is 43.1. The topological polar surface area (TPSA) is 237 Å². The van der Waals surface area contributed by atoms with Crippen LogP contribution in [0.4, 0.5) is 0 Å². The minimum atomic E-state index is -4.99. The van der Waals surface area contributed by atoms with Crippen LogP contribution in [0, 0.1) is 0 Å². The first-order chi connectivity index (χ1) is 50.7. The van der Waals surface area contributed by atoms with Gasteiger partial charge in [-0.2, -0.15) is 0 Å². The fourth-order valence-corrected chi connectivity index (χ4v) is 11.8. The molecule has 0 amide bonds. The number of aliphatic hydroxyl groups is 1. The van der Waals surface area contributed by atoms with E-state index >= 15 is 0 Å². The molecule has 0 aliphatic carbocycles. The molecule has 17 nitrogen and oxygen atoms in total. The molecule has 0 aliphatic rings. The maximum Gasteiger partial charge on any atom is 0.472 e. The molecular formula is C85H142O17P2. The van der Waals surface area contributed by atoms with Gasteiger partial charge in [-0.05, 0) is 154 Å². The van der Waals surface area contributed by atoms with Gasteiger partial charge in [-0.3, -0.25) is 37.3 Å². The molecule has 0 aromatic heterocycles. The van der Waals surface area contributed by atoms with Crippen LogP contribution in [0.25, 0.3) is 0 Å². The molecule has 0 radical (unpaired) electrons. The number of allylic oxidation sites excluding steroid dienone is 24. The van der Waals surface area contributed by atoms with Crippen molar-refractivity contribution in [1.29, 1.82) is 0 Å². The van der Waals surface area contributed by atoms with Crippen molar-refractivity contribution in [1.82, 2.24) is 0 Å². The maximum absolute atomic E-state index is 13.1. The molecular weight excluding hydrogens is 1350 g/mol. The number of aliphatic hydroxyl groups excluding tert-OH is 1. The van der Waals surface area contributed by atoms with Crippen molar-refractivity contribution in [2.45, 2.75) is 329 Å². The number of unbranched alkanes of at least 4 members (excludes halogenated alkanes) is 24. The van der Waals surface area contributed by atoms with Crippen LogP contribution in [-0.2, 0) is 65.4 Å². The second-order valence-corrected chi connectivity index (χ2v) is 29.1. The highest BCUT2D eigenvalue weighted by atomic mass is 31.2. The van der Waals surface area contributed by atoms with Crippen LogP contribution in [0.1, 0.15) is 310 Å². The maximum atomic E-state index is 13.1. The number of rotatable bonds is 74. The molecule has 5 atom stereocenters. The molecule has 0 rings (SSSR count). The van der Waals surface area contributed by atoms with Crippen LogP contribution >= 0.6 is 15.6 Å². The lowest BCUT2D eigenvalue weighted by Crippen LogP contribution is -2.30. The van der Waals surface area contributed by atoms with Gasteiger partial charge >= 0.3 is 39.5 Å². The van der Waals surface area contributed by atoms with E-state index in [1.165, 1.54) is 12.8 Å². The van der Waals surface area contributed by atoms with Crippen molar-refractivity contribution in [3.8, 4) is 0 Å². The molecule has 0 aromatic carbocycles. The fraction of sp³-hybridized carbons (Fsp3) is 0.671. The third kappa shape index (κ3) is 75.2. The molecule has 0 saturated heterocycles. The highest BCUT2D eigenvalue weighted by molar-refractivity contribution is 7.47. The Kier molecular flexibility index (Phi) is 72.4. The molecule has 0 heterocycles. The first kappa shape index (κ1) is 98.9. The minimum Gasteiger partial charge on any atom is -0.462 e. The van der Waals surface area contributed by atoms with Gasteiger partial charge in [0.1, 0.15) is 19.3 Å². The molecule has 104 heavy (non-hydrogen) atoms. The quantitative estimate of drug-likeness (QED) is 0.0169. The van der Waals surface area contributed by atoms with Crippen molar-refractivity contribution in [3.05, 3.63) is 146 Å². The van der Waals surface area contributed by atoms with Crippen LogP contribution in [0.3, 0.4) is 0 Å². The molecule has 0 saturated carbocycles. The Morgan fingerprint density at radius 2 is 0.500 bits per heavy atom. The number of phosphoric ester groups is 2. The van der Waals surface area contributed by atoms with E-state index in [1.54, 1.807) is 0 Å². The number of hydrogen-bond acceptors (Lipinski definition) is 15. The number of esters is 4. The van der Waals surface area contributed by atoms with Crippen LogP contribution in [0.2, 0.25) is 0 Å². The zero-order chi connectivity index (χ0) is 76.0. The number of carbonyl (C=O) groups excluding carboxylic acids is 4. The Hall–Kier alpha value is -5.06. The first-order valence-electron chi connectivity index (χ1n) is 40.1. The molecule has 0 aromatic rings. The van der Waals surface area contributed by atoms with Gasteiger partial charge in [0.05, 0.1) is 26.4 Å². The Morgan fingerprint density at radius 1 is 0.279 bits per heavy atom. The van der Waals surface area contributed by atoms with Crippen molar-refractivity contribution in [2.24, 2.45) is 0 Å². The summed E-state index contributed by atoms with van der Waals surface area (Å²) in [5.41, 5.74) is 0. The van der Waals surface area contributed by atoms with Gasteiger partial charge in [-0.1, -0.05) is 276 Å².